The van der Waals surface area contributed by atoms with Gasteiger partial charge in [-0.1, -0.05) is 24.6 Å². The Kier molecular flexibility index (Phi) is 6.09. The molecule has 7 nitrogen and oxygen atoms in total. The third-order valence-corrected chi connectivity index (χ3v) is 8.47. The predicted octanol–water partition coefficient (Wildman–Crippen LogP) is 3.68. The molecule has 1 fully saturated rings. The van der Waals surface area contributed by atoms with Crippen LogP contribution in [0.3, 0.4) is 0 Å². The molecule has 1 N–H and O–H groups in total. The normalized spacial score (nSPS) is 20.5. The van der Waals surface area contributed by atoms with Crippen LogP contribution in [0.5, 0.6) is 0 Å². The summed E-state index contributed by atoms with van der Waals surface area (Å²) in [6.45, 7) is 8.44. The number of hydrogen-bond acceptors (Lipinski definition) is 4. The molecule has 0 aromatic heterocycles. The molecule has 176 valence electrons. The lowest BCUT2D eigenvalue weighted by Crippen LogP contribution is -2.40. The van der Waals surface area contributed by atoms with E-state index >= 15 is 0 Å². The zero-order valence-corrected chi connectivity index (χ0v) is 20.4. The summed E-state index contributed by atoms with van der Waals surface area (Å²) in [5.41, 5.74) is 2.02. The number of hydrogen-bond donors (Lipinski definition) is 1. The van der Waals surface area contributed by atoms with Crippen LogP contribution in [0, 0.1) is 12.8 Å². The highest BCUT2D eigenvalue weighted by Crippen LogP contribution is 2.43. The number of sulfonamides is 1. The Morgan fingerprint density at radius 1 is 1.15 bits per heavy atom. The number of amides is 2. The van der Waals surface area contributed by atoms with Crippen LogP contribution in [0.25, 0.3) is 0 Å². The molecule has 0 saturated carbocycles. The van der Waals surface area contributed by atoms with Crippen LogP contribution in [0.2, 0.25) is 0 Å². The Morgan fingerprint density at radius 3 is 2.52 bits per heavy atom. The van der Waals surface area contributed by atoms with E-state index in [9.17, 15) is 18.0 Å². The zero-order chi connectivity index (χ0) is 24.0. The number of benzene rings is 2. The summed E-state index contributed by atoms with van der Waals surface area (Å²) < 4.78 is 28.1. The van der Waals surface area contributed by atoms with Crippen LogP contribution in [0.15, 0.2) is 47.4 Å². The van der Waals surface area contributed by atoms with Gasteiger partial charge in [-0.2, -0.15) is 4.31 Å². The first-order chi connectivity index (χ1) is 15.5. The number of nitrogens with one attached hydrogen (secondary N) is 1. The minimum atomic E-state index is -3.64. The van der Waals surface area contributed by atoms with E-state index < -0.39 is 15.4 Å². The molecule has 1 atom stereocenters. The number of rotatable bonds is 5. The number of aryl methyl sites for hydroxylation is 1. The minimum absolute atomic E-state index is 0.140. The molecule has 2 aromatic rings. The van der Waals surface area contributed by atoms with Gasteiger partial charge in [-0.3, -0.25) is 9.59 Å². The quantitative estimate of drug-likeness (QED) is 0.724. The SMILES string of the molecule is Cc1ccc(NC(=O)CN2C(=O)C(C)(C)c3cc(S(=O)(=O)N4CCC[C@@H](C)C4)ccc32)cc1. The Balaban J connectivity index is 1.59. The van der Waals surface area contributed by atoms with Crippen LogP contribution in [-0.2, 0) is 25.0 Å². The van der Waals surface area contributed by atoms with Gasteiger partial charge in [0.15, 0.2) is 0 Å². The van der Waals surface area contributed by atoms with Gasteiger partial charge in [-0.25, -0.2) is 8.42 Å². The fraction of sp³-hybridized carbons (Fsp3) is 0.440. The number of fused-ring (bicyclic) bond motifs is 1. The van der Waals surface area contributed by atoms with Crippen molar-refractivity contribution < 1.29 is 18.0 Å². The van der Waals surface area contributed by atoms with Gasteiger partial charge in [0.05, 0.1) is 10.3 Å². The molecule has 2 aliphatic heterocycles. The highest BCUT2D eigenvalue weighted by atomic mass is 32.2. The van der Waals surface area contributed by atoms with E-state index in [2.05, 4.69) is 12.2 Å². The van der Waals surface area contributed by atoms with Crippen LogP contribution in [-0.4, -0.2) is 44.2 Å². The Hall–Kier alpha value is -2.71. The highest BCUT2D eigenvalue weighted by Gasteiger charge is 2.45. The van der Waals surface area contributed by atoms with Gasteiger partial charge in [0, 0.05) is 24.5 Å². The predicted molar refractivity (Wildman–Crippen MR) is 129 cm³/mol. The second-order valence-electron chi connectivity index (χ2n) is 9.72. The maximum Gasteiger partial charge on any atom is 0.244 e. The van der Waals surface area contributed by atoms with Gasteiger partial charge >= 0.3 is 0 Å². The minimum Gasteiger partial charge on any atom is -0.325 e. The Morgan fingerprint density at radius 2 is 1.85 bits per heavy atom. The molecule has 0 unspecified atom stereocenters. The fourth-order valence-electron chi connectivity index (χ4n) is 4.63. The molecule has 2 heterocycles. The Bertz CT molecular complexity index is 1190. The number of anilines is 2. The third kappa shape index (κ3) is 4.42. The number of carbonyl (C=O) groups is 2. The standard InChI is InChI=1S/C25H31N3O4S/c1-17-7-9-19(10-8-17)26-23(29)16-28-22-12-11-20(14-21(22)25(3,4)24(28)30)33(31,32)27-13-5-6-18(2)15-27/h7-12,14,18H,5-6,13,15-16H2,1-4H3,(H,26,29)/t18-/m1/s1. The molecule has 0 radical (unpaired) electrons. The topological polar surface area (TPSA) is 86.8 Å². The van der Waals surface area contributed by atoms with Crippen molar-refractivity contribution in [3.8, 4) is 0 Å². The molecule has 2 aromatic carbocycles. The molecule has 33 heavy (non-hydrogen) atoms. The van der Waals surface area contributed by atoms with Crippen LogP contribution in [0.1, 0.15) is 44.7 Å². The molecule has 2 aliphatic rings. The van der Waals surface area contributed by atoms with Crippen molar-refractivity contribution in [1.82, 2.24) is 4.31 Å². The first-order valence-electron chi connectivity index (χ1n) is 11.3. The van der Waals surface area contributed by atoms with Crippen molar-refractivity contribution in [2.75, 3.05) is 29.9 Å². The Labute approximate surface area is 195 Å². The van der Waals surface area contributed by atoms with Gasteiger partial charge in [0.2, 0.25) is 21.8 Å². The smallest absolute Gasteiger partial charge is 0.244 e. The van der Waals surface area contributed by atoms with Gasteiger partial charge in [-0.15, -0.1) is 0 Å². The molecule has 0 bridgehead atoms. The second-order valence-corrected chi connectivity index (χ2v) is 11.7. The van der Waals surface area contributed by atoms with Crippen molar-refractivity contribution in [2.24, 2.45) is 5.92 Å². The van der Waals surface area contributed by atoms with E-state index in [1.54, 1.807) is 36.4 Å². The molecule has 0 aliphatic carbocycles. The van der Waals surface area contributed by atoms with E-state index in [0.717, 1.165) is 18.4 Å². The summed E-state index contributed by atoms with van der Waals surface area (Å²) in [6, 6.07) is 12.2. The van der Waals surface area contributed by atoms with E-state index in [-0.39, 0.29) is 23.3 Å². The van der Waals surface area contributed by atoms with Crippen molar-refractivity contribution >= 4 is 33.2 Å². The molecule has 4 rings (SSSR count). The van der Waals surface area contributed by atoms with Gasteiger partial charge in [-0.05, 0) is 75.4 Å². The summed E-state index contributed by atoms with van der Waals surface area (Å²) >= 11 is 0. The van der Waals surface area contributed by atoms with Crippen molar-refractivity contribution in [2.45, 2.75) is 50.8 Å². The van der Waals surface area contributed by atoms with Gasteiger partial charge < -0.3 is 10.2 Å². The molecule has 0 spiro atoms. The molecule has 2 amide bonds. The largest absolute Gasteiger partial charge is 0.325 e. The molecule has 1 saturated heterocycles. The van der Waals surface area contributed by atoms with E-state index in [4.69, 9.17) is 0 Å². The maximum atomic E-state index is 13.3. The summed E-state index contributed by atoms with van der Waals surface area (Å²) in [6.07, 6.45) is 1.87. The lowest BCUT2D eigenvalue weighted by molar-refractivity contribution is -0.124. The summed E-state index contributed by atoms with van der Waals surface area (Å²) in [7, 11) is -3.64. The lowest BCUT2D eigenvalue weighted by Gasteiger charge is -2.30. The van der Waals surface area contributed by atoms with Crippen molar-refractivity contribution in [1.29, 1.82) is 0 Å². The molecular formula is C25H31N3O4S. The van der Waals surface area contributed by atoms with Gasteiger partial charge in [0.25, 0.3) is 0 Å². The maximum absolute atomic E-state index is 13.3. The second kappa shape index (κ2) is 8.57. The first-order valence-corrected chi connectivity index (χ1v) is 12.8. The van der Waals surface area contributed by atoms with Crippen molar-refractivity contribution in [3.63, 3.8) is 0 Å². The number of carbonyl (C=O) groups excluding carboxylic acids is 2. The number of nitrogens with zero attached hydrogens (tertiary/aromatic N) is 2. The first kappa shape index (κ1) is 23.4. The zero-order valence-electron chi connectivity index (χ0n) is 19.6. The summed E-state index contributed by atoms with van der Waals surface area (Å²) in [4.78, 5) is 27.5. The summed E-state index contributed by atoms with van der Waals surface area (Å²) in [5.74, 6) is -0.212. The van der Waals surface area contributed by atoms with Crippen LogP contribution >= 0.6 is 0 Å². The fourth-order valence-corrected chi connectivity index (χ4v) is 6.25. The lowest BCUT2D eigenvalue weighted by atomic mass is 9.86. The average molecular weight is 470 g/mol. The summed E-state index contributed by atoms with van der Waals surface area (Å²) in [5, 5.41) is 2.82. The van der Waals surface area contributed by atoms with Crippen LogP contribution in [0.4, 0.5) is 11.4 Å². The van der Waals surface area contributed by atoms with Crippen LogP contribution < -0.4 is 10.2 Å². The molecular weight excluding hydrogens is 438 g/mol. The average Bonchev–Trinajstić information content (AvgIpc) is 2.95. The number of piperidine rings is 1. The molecule has 8 heteroatoms. The van der Waals surface area contributed by atoms with Crippen molar-refractivity contribution in [3.05, 3.63) is 53.6 Å². The van der Waals surface area contributed by atoms with E-state index in [1.807, 2.05) is 31.2 Å². The highest BCUT2D eigenvalue weighted by molar-refractivity contribution is 7.89. The monoisotopic (exact) mass is 469 g/mol. The van der Waals surface area contributed by atoms with Gasteiger partial charge in [0.1, 0.15) is 6.54 Å². The third-order valence-electron chi connectivity index (χ3n) is 6.61. The van der Waals surface area contributed by atoms with E-state index in [0.29, 0.717) is 35.9 Å². The van der Waals surface area contributed by atoms with E-state index in [1.165, 1.54) is 4.90 Å².